The molecule has 22 heavy (non-hydrogen) atoms. The Bertz CT molecular complexity index is 528. The summed E-state index contributed by atoms with van der Waals surface area (Å²) >= 11 is 0. The van der Waals surface area contributed by atoms with Crippen molar-refractivity contribution in [3.05, 3.63) is 18.2 Å². The van der Waals surface area contributed by atoms with Crippen LogP contribution in [0.1, 0.15) is 49.6 Å². The van der Waals surface area contributed by atoms with Crippen molar-refractivity contribution in [2.24, 2.45) is 5.92 Å². The zero-order valence-electron chi connectivity index (χ0n) is 13.3. The molecule has 3 atom stereocenters. The number of ether oxygens (including phenoxy) is 1. The molecule has 1 amide bonds. The minimum absolute atomic E-state index is 0.0389. The third kappa shape index (κ3) is 2.90. The quantitative estimate of drug-likeness (QED) is 0.918. The number of aliphatic hydroxyl groups excluding tert-OH is 1. The van der Waals surface area contributed by atoms with Gasteiger partial charge in [-0.1, -0.05) is 6.42 Å². The highest BCUT2D eigenvalue weighted by molar-refractivity contribution is 5.92. The van der Waals surface area contributed by atoms with Gasteiger partial charge in [-0.3, -0.25) is 4.79 Å². The minimum Gasteiger partial charge on any atom is -0.393 e. The van der Waals surface area contributed by atoms with E-state index in [2.05, 4.69) is 18.8 Å². The van der Waals surface area contributed by atoms with Gasteiger partial charge in [-0.25, -0.2) is 4.98 Å². The third-order valence-electron chi connectivity index (χ3n) is 4.87. The van der Waals surface area contributed by atoms with E-state index in [4.69, 9.17) is 4.74 Å². The lowest BCUT2D eigenvalue weighted by Gasteiger charge is -2.39. The number of hydrogen-bond donors (Lipinski definition) is 1. The van der Waals surface area contributed by atoms with Crippen LogP contribution in [0.4, 0.5) is 0 Å². The van der Waals surface area contributed by atoms with Crippen LogP contribution >= 0.6 is 0 Å². The van der Waals surface area contributed by atoms with Crippen LogP contribution in [0.15, 0.2) is 12.5 Å². The van der Waals surface area contributed by atoms with Gasteiger partial charge < -0.3 is 19.3 Å². The maximum absolute atomic E-state index is 12.8. The van der Waals surface area contributed by atoms with E-state index in [1.807, 2.05) is 15.7 Å². The molecule has 6 heteroatoms. The summed E-state index contributed by atoms with van der Waals surface area (Å²) in [7, 11) is 0. The second-order valence-electron chi connectivity index (χ2n) is 6.60. The monoisotopic (exact) mass is 307 g/mol. The molecule has 1 aromatic rings. The summed E-state index contributed by atoms with van der Waals surface area (Å²) in [4.78, 5) is 18.9. The Hall–Kier alpha value is -1.40. The first-order valence-corrected chi connectivity index (χ1v) is 8.18. The summed E-state index contributed by atoms with van der Waals surface area (Å²) in [5.41, 5.74) is 0.480. The van der Waals surface area contributed by atoms with Crippen LogP contribution in [-0.4, -0.2) is 57.4 Å². The zero-order valence-corrected chi connectivity index (χ0v) is 13.3. The average Bonchev–Trinajstić information content (AvgIpc) is 3.15. The number of morpholine rings is 1. The van der Waals surface area contributed by atoms with Crippen molar-refractivity contribution in [2.45, 2.75) is 51.3 Å². The topological polar surface area (TPSA) is 67.6 Å². The van der Waals surface area contributed by atoms with Crippen molar-refractivity contribution < 1.29 is 14.6 Å². The molecule has 1 aliphatic heterocycles. The van der Waals surface area contributed by atoms with Gasteiger partial charge in [0.15, 0.2) is 0 Å². The Labute approximate surface area is 131 Å². The molecule has 1 saturated carbocycles. The lowest BCUT2D eigenvalue weighted by Crippen LogP contribution is -2.53. The van der Waals surface area contributed by atoms with Crippen LogP contribution in [-0.2, 0) is 4.74 Å². The fourth-order valence-corrected chi connectivity index (χ4v) is 3.52. The molecular weight excluding hydrogens is 282 g/mol. The average molecular weight is 307 g/mol. The molecule has 1 N–H and O–H groups in total. The van der Waals surface area contributed by atoms with Crippen molar-refractivity contribution in [3.8, 4) is 0 Å². The van der Waals surface area contributed by atoms with Gasteiger partial charge in [0.2, 0.25) is 0 Å². The molecule has 3 unspecified atom stereocenters. The predicted molar refractivity (Wildman–Crippen MR) is 81.6 cm³/mol. The van der Waals surface area contributed by atoms with Gasteiger partial charge in [0.25, 0.3) is 5.91 Å². The van der Waals surface area contributed by atoms with E-state index in [0.29, 0.717) is 25.5 Å². The molecule has 122 valence electrons. The first-order chi connectivity index (χ1) is 10.6. The van der Waals surface area contributed by atoms with E-state index in [1.165, 1.54) is 0 Å². The van der Waals surface area contributed by atoms with Crippen LogP contribution in [0.5, 0.6) is 0 Å². The van der Waals surface area contributed by atoms with Gasteiger partial charge in [0.05, 0.1) is 31.7 Å². The second-order valence-corrected chi connectivity index (χ2v) is 6.60. The van der Waals surface area contributed by atoms with Crippen LogP contribution < -0.4 is 0 Å². The van der Waals surface area contributed by atoms with Gasteiger partial charge in [-0.2, -0.15) is 0 Å². The molecule has 0 bridgehead atoms. The normalized spacial score (nSPS) is 29.3. The first kappa shape index (κ1) is 15.5. The molecule has 1 saturated heterocycles. The molecule has 6 nitrogen and oxygen atoms in total. The van der Waals surface area contributed by atoms with Crippen LogP contribution in [0.25, 0.3) is 0 Å². The molecule has 2 aliphatic rings. The van der Waals surface area contributed by atoms with Crippen LogP contribution in [0.2, 0.25) is 0 Å². The van der Waals surface area contributed by atoms with Crippen LogP contribution in [0, 0.1) is 5.92 Å². The highest BCUT2D eigenvalue weighted by Crippen LogP contribution is 2.32. The fraction of sp³-hybridized carbons (Fsp3) is 0.750. The van der Waals surface area contributed by atoms with Gasteiger partial charge in [-0.15, -0.1) is 0 Å². The lowest BCUT2D eigenvalue weighted by molar-refractivity contribution is -0.0385. The van der Waals surface area contributed by atoms with E-state index in [0.717, 1.165) is 19.3 Å². The van der Waals surface area contributed by atoms with Gasteiger partial charge >= 0.3 is 0 Å². The van der Waals surface area contributed by atoms with Gasteiger partial charge in [-0.05, 0) is 26.7 Å². The standard InChI is InChI=1S/C16H25N3O3/c1-11(2)18-8-13(17-10-18)16(21)19-6-7-22-9-14(19)12-4-3-5-15(12)20/h8,10-12,14-15,20H,3-7,9H2,1-2H3. The number of hydrogen-bond acceptors (Lipinski definition) is 4. The van der Waals surface area contributed by atoms with E-state index >= 15 is 0 Å². The van der Waals surface area contributed by atoms with E-state index in [9.17, 15) is 9.90 Å². The predicted octanol–water partition coefficient (Wildman–Crippen LogP) is 1.47. The number of carbonyl (C=O) groups is 1. The number of amides is 1. The minimum atomic E-state index is -0.324. The molecule has 3 rings (SSSR count). The van der Waals surface area contributed by atoms with Crippen molar-refractivity contribution in [1.29, 1.82) is 0 Å². The highest BCUT2D eigenvalue weighted by atomic mass is 16.5. The second kappa shape index (κ2) is 6.38. The Kier molecular flexibility index (Phi) is 4.49. The zero-order chi connectivity index (χ0) is 15.7. The van der Waals surface area contributed by atoms with Crippen molar-refractivity contribution in [2.75, 3.05) is 19.8 Å². The molecule has 1 aliphatic carbocycles. The molecule has 1 aromatic heterocycles. The Morgan fingerprint density at radius 3 is 2.91 bits per heavy atom. The highest BCUT2D eigenvalue weighted by Gasteiger charge is 2.40. The van der Waals surface area contributed by atoms with E-state index < -0.39 is 0 Å². The SMILES string of the molecule is CC(C)n1cnc(C(=O)N2CCOCC2C2CCCC2O)c1. The van der Waals surface area contributed by atoms with E-state index in [1.54, 1.807) is 6.33 Å². The number of nitrogens with zero attached hydrogens (tertiary/aromatic N) is 3. The molecule has 2 fully saturated rings. The number of aromatic nitrogens is 2. The molecule has 0 spiro atoms. The summed E-state index contributed by atoms with van der Waals surface area (Å²) in [6.07, 6.45) is 5.99. The maximum atomic E-state index is 12.8. The summed E-state index contributed by atoms with van der Waals surface area (Å²) in [6.45, 7) is 5.75. The summed E-state index contributed by atoms with van der Waals surface area (Å²) < 4.78 is 7.51. The number of rotatable bonds is 3. The Morgan fingerprint density at radius 1 is 1.45 bits per heavy atom. The number of aliphatic hydroxyl groups is 1. The fourth-order valence-electron chi connectivity index (χ4n) is 3.52. The summed E-state index contributed by atoms with van der Waals surface area (Å²) in [6, 6.07) is 0.245. The Balaban J connectivity index is 1.78. The summed E-state index contributed by atoms with van der Waals surface area (Å²) in [5.74, 6) is 0.0724. The van der Waals surface area contributed by atoms with Crippen molar-refractivity contribution in [1.82, 2.24) is 14.5 Å². The van der Waals surface area contributed by atoms with Gasteiger partial charge in [0, 0.05) is 24.7 Å². The van der Waals surface area contributed by atoms with Gasteiger partial charge in [0.1, 0.15) is 5.69 Å². The van der Waals surface area contributed by atoms with Crippen molar-refractivity contribution in [3.63, 3.8) is 0 Å². The first-order valence-electron chi connectivity index (χ1n) is 8.18. The van der Waals surface area contributed by atoms with Crippen LogP contribution in [0.3, 0.4) is 0 Å². The Morgan fingerprint density at radius 2 is 2.27 bits per heavy atom. The third-order valence-corrected chi connectivity index (χ3v) is 4.87. The van der Waals surface area contributed by atoms with E-state index in [-0.39, 0.29) is 30.0 Å². The smallest absolute Gasteiger partial charge is 0.274 e. The summed E-state index contributed by atoms with van der Waals surface area (Å²) in [5, 5.41) is 10.2. The van der Waals surface area contributed by atoms with Crippen molar-refractivity contribution >= 4 is 5.91 Å². The lowest BCUT2D eigenvalue weighted by atomic mass is 9.94. The number of carbonyl (C=O) groups excluding carboxylic acids is 1. The molecule has 2 heterocycles. The molecule has 0 radical (unpaired) electrons. The maximum Gasteiger partial charge on any atom is 0.274 e. The number of imidazole rings is 1. The largest absolute Gasteiger partial charge is 0.393 e. The molecule has 0 aromatic carbocycles. The molecular formula is C16H25N3O3.